The molecule has 1 heterocycles. The van der Waals surface area contributed by atoms with E-state index >= 15 is 0 Å². The molecule has 0 unspecified atom stereocenters. The van der Waals surface area contributed by atoms with E-state index in [-0.39, 0.29) is 12.2 Å². The van der Waals surface area contributed by atoms with Crippen LogP contribution in [0.2, 0.25) is 0 Å². The molecule has 1 aromatic heterocycles. The Bertz CT molecular complexity index is 375. The standard InChI is InChI=1S/C10H10F3NO3/c11-10(12,13)3-4-17-6-8-2-1-7(5-14-8)9(15)16/h1-2,5H,3-4,6H2,(H,15,16). The molecule has 0 aliphatic heterocycles. The Balaban J connectivity index is 2.35. The number of aromatic nitrogens is 1. The number of hydrogen-bond donors (Lipinski definition) is 1. The van der Waals surface area contributed by atoms with Crippen LogP contribution in [0.1, 0.15) is 22.5 Å². The maximum atomic E-state index is 11.8. The highest BCUT2D eigenvalue weighted by molar-refractivity contribution is 5.87. The molecule has 0 amide bonds. The van der Waals surface area contributed by atoms with Crippen molar-refractivity contribution in [1.29, 1.82) is 0 Å². The number of rotatable bonds is 5. The van der Waals surface area contributed by atoms with E-state index in [0.717, 1.165) is 6.20 Å². The van der Waals surface area contributed by atoms with Crippen molar-refractivity contribution in [1.82, 2.24) is 4.98 Å². The fourth-order valence-electron chi connectivity index (χ4n) is 1.00. The second kappa shape index (κ2) is 5.62. The van der Waals surface area contributed by atoms with Gasteiger partial charge in [-0.25, -0.2) is 4.79 Å². The minimum Gasteiger partial charge on any atom is -0.478 e. The van der Waals surface area contributed by atoms with Gasteiger partial charge in [-0.2, -0.15) is 13.2 Å². The van der Waals surface area contributed by atoms with E-state index in [1.54, 1.807) is 0 Å². The van der Waals surface area contributed by atoms with Gasteiger partial charge in [-0.05, 0) is 12.1 Å². The van der Waals surface area contributed by atoms with Crippen LogP contribution in [0, 0.1) is 0 Å². The molecule has 94 valence electrons. The molecule has 1 aromatic rings. The summed E-state index contributed by atoms with van der Waals surface area (Å²) in [5.41, 5.74) is 0.404. The van der Waals surface area contributed by atoms with Crippen molar-refractivity contribution < 1.29 is 27.8 Å². The second-order valence-corrected chi connectivity index (χ2v) is 3.26. The lowest BCUT2D eigenvalue weighted by molar-refractivity contribution is -0.146. The monoisotopic (exact) mass is 249 g/mol. The number of hydrogen-bond acceptors (Lipinski definition) is 3. The van der Waals surface area contributed by atoms with E-state index in [1.807, 2.05) is 0 Å². The Morgan fingerprint density at radius 1 is 1.41 bits per heavy atom. The fourth-order valence-corrected chi connectivity index (χ4v) is 1.00. The Hall–Kier alpha value is -1.63. The summed E-state index contributed by atoms with van der Waals surface area (Å²) in [6, 6.07) is 2.72. The number of carboxylic acid groups (broad SMARTS) is 1. The summed E-state index contributed by atoms with van der Waals surface area (Å²) >= 11 is 0. The zero-order chi connectivity index (χ0) is 12.9. The molecule has 0 fully saturated rings. The molecule has 0 saturated heterocycles. The molecule has 0 atom stereocenters. The van der Waals surface area contributed by atoms with Gasteiger partial charge in [0.2, 0.25) is 0 Å². The fraction of sp³-hybridized carbons (Fsp3) is 0.400. The van der Waals surface area contributed by atoms with E-state index in [0.29, 0.717) is 5.69 Å². The molecule has 7 heteroatoms. The lowest BCUT2D eigenvalue weighted by Gasteiger charge is -2.06. The van der Waals surface area contributed by atoms with Gasteiger partial charge in [-0.3, -0.25) is 4.98 Å². The average Bonchev–Trinajstić information content (AvgIpc) is 2.24. The molecule has 1 rings (SSSR count). The van der Waals surface area contributed by atoms with Crippen LogP contribution < -0.4 is 0 Å². The third kappa shape index (κ3) is 5.30. The summed E-state index contributed by atoms with van der Waals surface area (Å²) in [6.45, 7) is -0.512. The summed E-state index contributed by atoms with van der Waals surface area (Å²) in [5.74, 6) is -1.11. The summed E-state index contributed by atoms with van der Waals surface area (Å²) in [5, 5.41) is 8.58. The van der Waals surface area contributed by atoms with Gasteiger partial charge in [0.1, 0.15) is 0 Å². The molecule has 0 radical (unpaired) electrons. The number of nitrogens with zero attached hydrogens (tertiary/aromatic N) is 1. The number of carboxylic acids is 1. The number of ether oxygens (including phenoxy) is 1. The number of pyridine rings is 1. The highest BCUT2D eigenvalue weighted by Crippen LogP contribution is 2.19. The molecule has 4 nitrogen and oxygen atoms in total. The van der Waals surface area contributed by atoms with Gasteiger partial charge in [-0.15, -0.1) is 0 Å². The van der Waals surface area contributed by atoms with Gasteiger partial charge in [0.15, 0.2) is 0 Å². The van der Waals surface area contributed by atoms with E-state index < -0.39 is 25.2 Å². The molecule has 17 heavy (non-hydrogen) atoms. The number of carbonyl (C=O) groups is 1. The topological polar surface area (TPSA) is 59.4 Å². The quantitative estimate of drug-likeness (QED) is 0.813. The van der Waals surface area contributed by atoms with Gasteiger partial charge in [0.05, 0.1) is 30.9 Å². The number of aromatic carboxylic acids is 1. The van der Waals surface area contributed by atoms with Gasteiger partial charge >= 0.3 is 12.1 Å². The van der Waals surface area contributed by atoms with Gasteiger partial charge in [0.25, 0.3) is 0 Å². The first-order valence-electron chi connectivity index (χ1n) is 4.71. The van der Waals surface area contributed by atoms with Crippen molar-refractivity contribution in [3.05, 3.63) is 29.6 Å². The SMILES string of the molecule is O=C(O)c1ccc(COCCC(F)(F)F)nc1. The van der Waals surface area contributed by atoms with Gasteiger partial charge in [-0.1, -0.05) is 0 Å². The van der Waals surface area contributed by atoms with E-state index in [2.05, 4.69) is 4.98 Å². The van der Waals surface area contributed by atoms with Crippen LogP contribution in [0.5, 0.6) is 0 Å². The predicted octanol–water partition coefficient (Wildman–Crippen LogP) is 2.25. The van der Waals surface area contributed by atoms with Crippen molar-refractivity contribution in [2.75, 3.05) is 6.61 Å². The highest BCUT2D eigenvalue weighted by atomic mass is 19.4. The highest BCUT2D eigenvalue weighted by Gasteiger charge is 2.26. The summed E-state index contributed by atoms with van der Waals surface area (Å²) in [6.07, 6.45) is -4.12. The van der Waals surface area contributed by atoms with Gasteiger partial charge < -0.3 is 9.84 Å². The average molecular weight is 249 g/mol. The second-order valence-electron chi connectivity index (χ2n) is 3.26. The normalized spacial score (nSPS) is 11.5. The molecule has 1 N–H and O–H groups in total. The Kier molecular flexibility index (Phi) is 4.45. The number of halogens is 3. The zero-order valence-corrected chi connectivity index (χ0v) is 8.70. The van der Waals surface area contributed by atoms with Crippen LogP contribution in [-0.2, 0) is 11.3 Å². The molecule has 0 aliphatic rings. The Labute approximate surface area is 95.0 Å². The Morgan fingerprint density at radius 2 is 2.12 bits per heavy atom. The van der Waals surface area contributed by atoms with Crippen LogP contribution in [0.4, 0.5) is 13.2 Å². The summed E-state index contributed by atoms with van der Waals surface area (Å²) in [7, 11) is 0. The van der Waals surface area contributed by atoms with Crippen molar-refractivity contribution in [2.45, 2.75) is 19.2 Å². The lowest BCUT2D eigenvalue weighted by atomic mass is 10.2. The van der Waals surface area contributed by atoms with Crippen molar-refractivity contribution in [3.8, 4) is 0 Å². The molecule has 0 aromatic carbocycles. The van der Waals surface area contributed by atoms with Crippen LogP contribution in [0.25, 0.3) is 0 Å². The summed E-state index contributed by atoms with van der Waals surface area (Å²) in [4.78, 5) is 14.2. The van der Waals surface area contributed by atoms with E-state index in [1.165, 1.54) is 12.1 Å². The maximum absolute atomic E-state index is 11.8. The molecule has 0 aliphatic carbocycles. The first-order chi connectivity index (χ1) is 7.88. The van der Waals surface area contributed by atoms with E-state index in [9.17, 15) is 18.0 Å². The first-order valence-corrected chi connectivity index (χ1v) is 4.71. The third-order valence-corrected chi connectivity index (χ3v) is 1.85. The minimum absolute atomic E-state index is 0.0176. The van der Waals surface area contributed by atoms with Crippen LogP contribution in [-0.4, -0.2) is 28.8 Å². The predicted molar refractivity (Wildman–Crippen MR) is 51.5 cm³/mol. The maximum Gasteiger partial charge on any atom is 0.391 e. The van der Waals surface area contributed by atoms with E-state index in [4.69, 9.17) is 9.84 Å². The first kappa shape index (κ1) is 13.4. The molecule has 0 spiro atoms. The van der Waals surface area contributed by atoms with Crippen LogP contribution in [0.15, 0.2) is 18.3 Å². The molecule has 0 bridgehead atoms. The third-order valence-electron chi connectivity index (χ3n) is 1.85. The van der Waals surface area contributed by atoms with Crippen LogP contribution in [0.3, 0.4) is 0 Å². The van der Waals surface area contributed by atoms with Crippen molar-refractivity contribution in [2.24, 2.45) is 0 Å². The summed E-state index contributed by atoms with van der Waals surface area (Å²) < 4.78 is 40.1. The van der Waals surface area contributed by atoms with Crippen molar-refractivity contribution in [3.63, 3.8) is 0 Å². The molecular weight excluding hydrogens is 239 g/mol. The molecule has 0 saturated carbocycles. The molecular formula is C10H10F3NO3. The lowest BCUT2D eigenvalue weighted by Crippen LogP contribution is -2.11. The number of alkyl halides is 3. The largest absolute Gasteiger partial charge is 0.478 e. The van der Waals surface area contributed by atoms with Crippen LogP contribution >= 0.6 is 0 Å². The Morgan fingerprint density at radius 3 is 2.59 bits per heavy atom. The van der Waals surface area contributed by atoms with Crippen molar-refractivity contribution >= 4 is 5.97 Å². The minimum atomic E-state index is -4.24. The zero-order valence-electron chi connectivity index (χ0n) is 8.70. The smallest absolute Gasteiger partial charge is 0.391 e. The van der Waals surface area contributed by atoms with Gasteiger partial charge in [0, 0.05) is 6.20 Å².